The van der Waals surface area contributed by atoms with Crippen molar-refractivity contribution in [3.63, 3.8) is 0 Å². The van der Waals surface area contributed by atoms with E-state index in [1.54, 1.807) is 0 Å². The molecule has 0 saturated carbocycles. The third kappa shape index (κ3) is 4.40. The van der Waals surface area contributed by atoms with Gasteiger partial charge in [-0.15, -0.1) is 0 Å². The summed E-state index contributed by atoms with van der Waals surface area (Å²) in [6.45, 7) is -1.27. The highest BCUT2D eigenvalue weighted by molar-refractivity contribution is 6.36. The number of pyridine rings is 2. The lowest BCUT2D eigenvalue weighted by atomic mass is 10.1. The van der Waals surface area contributed by atoms with Crippen LogP contribution < -0.4 is 10.1 Å². The first kappa shape index (κ1) is 19.6. The molecule has 10 heteroatoms. The molecular formula is C18H11ClF4N4O. The Kier molecular flexibility index (Phi) is 5.51. The van der Waals surface area contributed by atoms with Gasteiger partial charge in [-0.3, -0.25) is 4.98 Å². The highest BCUT2D eigenvalue weighted by atomic mass is 35.5. The van der Waals surface area contributed by atoms with Crippen molar-refractivity contribution in [2.75, 3.05) is 11.9 Å². The van der Waals surface area contributed by atoms with Gasteiger partial charge in [0.2, 0.25) is 5.88 Å². The minimum Gasteiger partial charge on any atom is -0.468 e. The number of hydrogen-bond acceptors (Lipinski definition) is 5. The van der Waals surface area contributed by atoms with Crippen molar-refractivity contribution in [1.29, 1.82) is 5.26 Å². The van der Waals surface area contributed by atoms with Crippen LogP contribution in [0.3, 0.4) is 0 Å². The molecule has 2 aromatic heterocycles. The Morgan fingerprint density at radius 2 is 1.93 bits per heavy atom. The number of hydrogen-bond donors (Lipinski definition) is 1. The van der Waals surface area contributed by atoms with Gasteiger partial charge >= 0.3 is 6.18 Å². The van der Waals surface area contributed by atoms with Crippen molar-refractivity contribution in [3.05, 3.63) is 58.6 Å². The second-order valence-electron chi connectivity index (χ2n) is 5.67. The quantitative estimate of drug-likeness (QED) is 0.609. The predicted octanol–water partition coefficient (Wildman–Crippen LogP) is 4.85. The number of nitrogens with one attached hydrogen (secondary N) is 1. The molecule has 0 radical (unpaired) electrons. The topological polar surface area (TPSA) is 70.8 Å². The van der Waals surface area contributed by atoms with E-state index >= 15 is 0 Å². The van der Waals surface area contributed by atoms with E-state index in [1.165, 1.54) is 36.7 Å². The van der Waals surface area contributed by atoms with Gasteiger partial charge in [0.25, 0.3) is 0 Å². The summed E-state index contributed by atoms with van der Waals surface area (Å²) >= 11 is 6.16. The maximum Gasteiger partial charge on any atom is 0.422 e. The van der Waals surface area contributed by atoms with Crippen LogP contribution in [0.15, 0.2) is 36.7 Å². The molecule has 5 nitrogen and oxygen atoms in total. The monoisotopic (exact) mass is 410 g/mol. The van der Waals surface area contributed by atoms with Gasteiger partial charge in [-0.05, 0) is 17.7 Å². The van der Waals surface area contributed by atoms with E-state index in [1.807, 2.05) is 6.07 Å². The Bertz CT molecular complexity index is 1050. The van der Waals surface area contributed by atoms with Gasteiger partial charge in [0.05, 0.1) is 16.3 Å². The molecule has 0 atom stereocenters. The Balaban J connectivity index is 1.82. The zero-order chi connectivity index (χ0) is 20.3. The van der Waals surface area contributed by atoms with Crippen molar-refractivity contribution < 1.29 is 22.3 Å². The fraction of sp³-hybridized carbons (Fsp3) is 0.167. The van der Waals surface area contributed by atoms with Crippen LogP contribution in [0.1, 0.15) is 11.1 Å². The second kappa shape index (κ2) is 7.86. The molecule has 3 rings (SSSR count). The molecule has 0 aliphatic heterocycles. The largest absolute Gasteiger partial charge is 0.468 e. The number of benzene rings is 1. The van der Waals surface area contributed by atoms with Crippen LogP contribution in [0.25, 0.3) is 10.9 Å². The maximum absolute atomic E-state index is 14.0. The third-order valence-electron chi connectivity index (χ3n) is 3.69. The van der Waals surface area contributed by atoms with Gasteiger partial charge < -0.3 is 10.1 Å². The summed E-state index contributed by atoms with van der Waals surface area (Å²) < 4.78 is 55.0. The van der Waals surface area contributed by atoms with Gasteiger partial charge in [0.15, 0.2) is 6.61 Å². The number of nitriles is 1. The van der Waals surface area contributed by atoms with Crippen LogP contribution in [0, 0.1) is 17.1 Å². The summed E-state index contributed by atoms with van der Waals surface area (Å²) in [6.07, 6.45) is -1.89. The van der Waals surface area contributed by atoms with Gasteiger partial charge in [0.1, 0.15) is 17.4 Å². The fourth-order valence-electron chi connectivity index (χ4n) is 2.45. The molecule has 0 fully saturated rings. The minimum atomic E-state index is -4.45. The summed E-state index contributed by atoms with van der Waals surface area (Å²) in [5.74, 6) is -0.752. The lowest BCUT2D eigenvalue weighted by Gasteiger charge is -2.13. The number of nitrogens with zero attached hydrogens (tertiary/aromatic N) is 3. The summed E-state index contributed by atoms with van der Waals surface area (Å²) in [5, 5.41) is 12.8. The molecule has 28 heavy (non-hydrogen) atoms. The van der Waals surface area contributed by atoms with E-state index in [4.69, 9.17) is 11.6 Å². The SMILES string of the molecule is N#Cc1cnc2c(F)ccc(Cl)c2c1NCc1ccc(OCC(F)(F)F)nc1. The summed E-state index contributed by atoms with van der Waals surface area (Å²) in [6, 6.07) is 7.32. The van der Waals surface area contributed by atoms with Crippen LogP contribution in [0.5, 0.6) is 5.88 Å². The lowest BCUT2D eigenvalue weighted by molar-refractivity contribution is -0.154. The highest BCUT2D eigenvalue weighted by Crippen LogP contribution is 2.33. The first-order valence-corrected chi connectivity index (χ1v) is 8.21. The molecule has 1 N–H and O–H groups in total. The van der Waals surface area contributed by atoms with Crippen LogP contribution in [-0.4, -0.2) is 22.8 Å². The molecule has 144 valence electrons. The molecule has 0 aliphatic rings. The Hall–Kier alpha value is -3.12. The number of anilines is 1. The molecule has 1 aromatic carbocycles. The summed E-state index contributed by atoms with van der Waals surface area (Å²) in [7, 11) is 0. The molecule has 0 spiro atoms. The van der Waals surface area contributed by atoms with Gasteiger partial charge in [-0.2, -0.15) is 18.4 Å². The first-order valence-electron chi connectivity index (χ1n) is 7.83. The third-order valence-corrected chi connectivity index (χ3v) is 4.01. The minimum absolute atomic E-state index is 0.0167. The number of alkyl halides is 3. The number of fused-ring (bicyclic) bond motifs is 1. The van der Waals surface area contributed by atoms with E-state index < -0.39 is 18.6 Å². The maximum atomic E-state index is 14.0. The van der Waals surface area contributed by atoms with Gasteiger partial charge in [-0.1, -0.05) is 17.7 Å². The number of halogens is 5. The zero-order valence-corrected chi connectivity index (χ0v) is 14.8. The fourth-order valence-corrected chi connectivity index (χ4v) is 2.70. The molecule has 3 aromatic rings. The normalized spacial score (nSPS) is 11.3. The smallest absolute Gasteiger partial charge is 0.422 e. The van der Waals surface area contributed by atoms with Gasteiger partial charge in [-0.25, -0.2) is 9.37 Å². The zero-order valence-electron chi connectivity index (χ0n) is 14.0. The number of rotatable bonds is 5. The van der Waals surface area contributed by atoms with Crippen LogP contribution in [0.4, 0.5) is 23.2 Å². The van der Waals surface area contributed by atoms with Crippen molar-refractivity contribution in [1.82, 2.24) is 9.97 Å². The van der Waals surface area contributed by atoms with Crippen LogP contribution in [-0.2, 0) is 6.54 Å². The summed E-state index contributed by atoms with van der Waals surface area (Å²) in [4.78, 5) is 7.74. The predicted molar refractivity (Wildman–Crippen MR) is 94.5 cm³/mol. The molecule has 0 saturated heterocycles. The van der Waals surface area contributed by atoms with Crippen molar-refractivity contribution in [3.8, 4) is 11.9 Å². The van der Waals surface area contributed by atoms with Crippen LogP contribution >= 0.6 is 11.6 Å². The second-order valence-corrected chi connectivity index (χ2v) is 6.08. The van der Waals surface area contributed by atoms with E-state index in [2.05, 4.69) is 20.0 Å². The average Bonchev–Trinajstić information content (AvgIpc) is 2.67. The van der Waals surface area contributed by atoms with E-state index in [0.29, 0.717) is 11.3 Å². The Morgan fingerprint density at radius 3 is 2.57 bits per heavy atom. The Labute approximate surface area is 161 Å². The summed E-state index contributed by atoms with van der Waals surface area (Å²) in [5.41, 5.74) is 1.08. The number of ether oxygens (including phenoxy) is 1. The average molecular weight is 411 g/mol. The molecular weight excluding hydrogens is 400 g/mol. The number of aromatic nitrogens is 2. The van der Waals surface area contributed by atoms with E-state index in [9.17, 15) is 22.8 Å². The molecule has 2 heterocycles. The van der Waals surface area contributed by atoms with E-state index in [-0.39, 0.29) is 33.9 Å². The van der Waals surface area contributed by atoms with Crippen LogP contribution in [0.2, 0.25) is 5.02 Å². The molecule has 0 bridgehead atoms. The molecule has 0 aliphatic carbocycles. The standard InChI is InChI=1S/C18H11ClF4N4O/c19-12-2-3-13(20)17-15(12)16(11(5-24)8-27-17)26-7-10-1-4-14(25-6-10)28-9-18(21,22)23/h1-4,6,8H,7,9H2,(H,26,27). The first-order chi connectivity index (χ1) is 13.3. The highest BCUT2D eigenvalue weighted by Gasteiger charge is 2.28. The van der Waals surface area contributed by atoms with E-state index in [0.717, 1.165) is 0 Å². The van der Waals surface area contributed by atoms with Gasteiger partial charge in [0, 0.05) is 30.4 Å². The van der Waals surface area contributed by atoms with Crippen molar-refractivity contribution >= 4 is 28.2 Å². The lowest BCUT2D eigenvalue weighted by Crippen LogP contribution is -2.19. The Morgan fingerprint density at radius 1 is 1.14 bits per heavy atom. The van der Waals surface area contributed by atoms with Crippen molar-refractivity contribution in [2.45, 2.75) is 12.7 Å². The molecule has 0 amide bonds. The van der Waals surface area contributed by atoms with Crippen molar-refractivity contribution in [2.24, 2.45) is 0 Å². The molecule has 0 unspecified atom stereocenters.